The van der Waals surface area contributed by atoms with Crippen LogP contribution in [0.1, 0.15) is 12.6 Å². The van der Waals surface area contributed by atoms with Crippen LogP contribution in [-0.4, -0.2) is 9.78 Å². The number of hydrogen-bond donors (Lipinski definition) is 2. The number of rotatable bonds is 3. The van der Waals surface area contributed by atoms with Crippen LogP contribution in [0.5, 0.6) is 0 Å². The molecule has 1 aromatic heterocycles. The Morgan fingerprint density at radius 2 is 2.00 bits per heavy atom. The largest absolute Gasteiger partial charge is 0.394 e. The van der Waals surface area contributed by atoms with E-state index in [1.54, 1.807) is 16.8 Å². The molecule has 17 heavy (non-hydrogen) atoms. The summed E-state index contributed by atoms with van der Waals surface area (Å²) in [7, 11) is 1.82. The molecule has 1 aromatic carbocycles. The zero-order valence-corrected chi connectivity index (χ0v) is 9.87. The van der Waals surface area contributed by atoms with E-state index >= 15 is 0 Å². The first-order chi connectivity index (χ1) is 8.11. The summed E-state index contributed by atoms with van der Waals surface area (Å²) in [5.41, 5.74) is 8.25. The van der Waals surface area contributed by atoms with Crippen LogP contribution in [0.4, 0.5) is 21.6 Å². The number of halogens is 1. The van der Waals surface area contributed by atoms with Gasteiger partial charge >= 0.3 is 0 Å². The lowest BCUT2D eigenvalue weighted by Gasteiger charge is -2.07. The number of aromatic nitrogens is 2. The Bertz CT molecular complexity index is 516. The van der Waals surface area contributed by atoms with Crippen molar-refractivity contribution in [3.63, 3.8) is 0 Å². The second kappa shape index (κ2) is 4.45. The Balaban J connectivity index is 2.29. The van der Waals surface area contributed by atoms with Gasteiger partial charge < -0.3 is 11.1 Å². The van der Waals surface area contributed by atoms with Gasteiger partial charge in [0.05, 0.1) is 11.4 Å². The molecule has 0 aliphatic carbocycles. The van der Waals surface area contributed by atoms with E-state index in [1.165, 1.54) is 12.1 Å². The molecule has 0 aliphatic heterocycles. The average Bonchev–Trinajstić information content (AvgIpc) is 2.59. The van der Waals surface area contributed by atoms with Crippen molar-refractivity contribution in [2.75, 3.05) is 11.1 Å². The summed E-state index contributed by atoms with van der Waals surface area (Å²) in [5, 5.41) is 7.43. The average molecular weight is 234 g/mol. The van der Waals surface area contributed by atoms with Crippen LogP contribution < -0.4 is 11.1 Å². The summed E-state index contributed by atoms with van der Waals surface area (Å²) >= 11 is 0. The third-order valence-corrected chi connectivity index (χ3v) is 2.60. The third kappa shape index (κ3) is 2.22. The van der Waals surface area contributed by atoms with Gasteiger partial charge in [0.2, 0.25) is 0 Å². The molecular weight excluding hydrogens is 219 g/mol. The van der Waals surface area contributed by atoms with Gasteiger partial charge in [-0.25, -0.2) is 4.39 Å². The van der Waals surface area contributed by atoms with Crippen LogP contribution in [0, 0.1) is 5.82 Å². The van der Waals surface area contributed by atoms with Crippen LogP contribution in [0.25, 0.3) is 0 Å². The van der Waals surface area contributed by atoms with Gasteiger partial charge in [-0.05, 0) is 30.7 Å². The molecule has 0 amide bonds. The van der Waals surface area contributed by atoms with Crippen LogP contribution in [-0.2, 0) is 13.5 Å². The molecule has 0 atom stereocenters. The van der Waals surface area contributed by atoms with E-state index in [9.17, 15) is 4.39 Å². The van der Waals surface area contributed by atoms with Gasteiger partial charge in [0.15, 0.2) is 5.82 Å². The molecule has 0 aliphatic rings. The second-order valence-electron chi connectivity index (χ2n) is 3.82. The summed E-state index contributed by atoms with van der Waals surface area (Å²) < 4.78 is 14.5. The van der Waals surface area contributed by atoms with Gasteiger partial charge in [-0.15, -0.1) is 0 Å². The molecule has 0 saturated heterocycles. The molecule has 0 fully saturated rings. The molecule has 1 heterocycles. The van der Waals surface area contributed by atoms with Gasteiger partial charge in [0.1, 0.15) is 5.82 Å². The lowest BCUT2D eigenvalue weighted by molar-refractivity contribution is 0.628. The Morgan fingerprint density at radius 1 is 1.35 bits per heavy atom. The van der Waals surface area contributed by atoms with E-state index in [4.69, 9.17) is 5.73 Å². The lowest BCUT2D eigenvalue weighted by Crippen LogP contribution is -2.01. The number of nitrogens with zero attached hydrogens (tertiary/aromatic N) is 2. The molecule has 4 nitrogen and oxygen atoms in total. The van der Waals surface area contributed by atoms with Crippen molar-refractivity contribution in [3.05, 3.63) is 35.8 Å². The van der Waals surface area contributed by atoms with Crippen molar-refractivity contribution < 1.29 is 4.39 Å². The quantitative estimate of drug-likeness (QED) is 0.857. The van der Waals surface area contributed by atoms with Crippen molar-refractivity contribution in [1.29, 1.82) is 0 Å². The van der Waals surface area contributed by atoms with Gasteiger partial charge in [0.25, 0.3) is 0 Å². The Kier molecular flexibility index (Phi) is 2.99. The Hall–Kier alpha value is -2.04. The molecular formula is C12H15FN4. The standard InChI is InChI=1S/C12H15FN4/c1-3-10-11(14)12(17(2)16-10)15-9-6-4-8(13)5-7-9/h4-7,15H,3,14H2,1-2H3. The zero-order chi connectivity index (χ0) is 12.4. The number of benzene rings is 1. The molecule has 0 spiro atoms. The molecule has 0 bridgehead atoms. The monoisotopic (exact) mass is 234 g/mol. The molecule has 0 radical (unpaired) electrons. The summed E-state index contributed by atoms with van der Waals surface area (Å²) in [6.07, 6.45) is 0.783. The van der Waals surface area contributed by atoms with Crippen molar-refractivity contribution in [2.24, 2.45) is 7.05 Å². The number of nitrogens with one attached hydrogen (secondary N) is 1. The number of nitrogen functional groups attached to an aromatic ring is 1. The van der Waals surface area contributed by atoms with Gasteiger partial charge in [-0.1, -0.05) is 6.92 Å². The third-order valence-electron chi connectivity index (χ3n) is 2.60. The number of nitrogens with two attached hydrogens (primary N) is 1. The predicted octanol–water partition coefficient (Wildman–Crippen LogP) is 2.45. The fraction of sp³-hybridized carbons (Fsp3) is 0.250. The topological polar surface area (TPSA) is 55.9 Å². The van der Waals surface area contributed by atoms with Gasteiger partial charge in [-0.3, -0.25) is 4.68 Å². The minimum Gasteiger partial charge on any atom is -0.394 e. The van der Waals surface area contributed by atoms with Crippen LogP contribution in [0.15, 0.2) is 24.3 Å². The van der Waals surface area contributed by atoms with E-state index in [0.717, 1.165) is 23.6 Å². The van der Waals surface area contributed by atoms with Crippen molar-refractivity contribution >= 4 is 17.2 Å². The normalized spacial score (nSPS) is 10.5. The lowest BCUT2D eigenvalue weighted by atomic mass is 10.2. The maximum Gasteiger partial charge on any atom is 0.152 e. The first kappa shape index (κ1) is 11.4. The van der Waals surface area contributed by atoms with Crippen LogP contribution in [0.3, 0.4) is 0 Å². The Morgan fingerprint density at radius 3 is 2.53 bits per heavy atom. The molecule has 90 valence electrons. The summed E-state index contributed by atoms with van der Waals surface area (Å²) in [6, 6.07) is 6.12. The van der Waals surface area contributed by atoms with E-state index in [1.807, 2.05) is 14.0 Å². The fourth-order valence-corrected chi connectivity index (χ4v) is 1.68. The van der Waals surface area contributed by atoms with Gasteiger partial charge in [-0.2, -0.15) is 5.10 Å². The van der Waals surface area contributed by atoms with Crippen LogP contribution in [0.2, 0.25) is 0 Å². The van der Waals surface area contributed by atoms with E-state index in [0.29, 0.717) is 5.69 Å². The molecule has 3 N–H and O–H groups in total. The number of hydrogen-bond acceptors (Lipinski definition) is 3. The molecule has 5 heteroatoms. The predicted molar refractivity (Wildman–Crippen MR) is 66.7 cm³/mol. The van der Waals surface area contributed by atoms with Crippen LogP contribution >= 0.6 is 0 Å². The molecule has 0 unspecified atom stereocenters. The first-order valence-corrected chi connectivity index (χ1v) is 5.45. The van der Waals surface area contributed by atoms with Crippen molar-refractivity contribution in [3.8, 4) is 0 Å². The number of aryl methyl sites for hydroxylation is 2. The minimum atomic E-state index is -0.261. The number of anilines is 3. The SMILES string of the molecule is CCc1nn(C)c(Nc2ccc(F)cc2)c1N. The van der Waals surface area contributed by atoms with Crippen molar-refractivity contribution in [1.82, 2.24) is 9.78 Å². The van der Waals surface area contributed by atoms with Gasteiger partial charge in [0, 0.05) is 12.7 Å². The summed E-state index contributed by atoms with van der Waals surface area (Å²) in [6.45, 7) is 2.00. The highest BCUT2D eigenvalue weighted by atomic mass is 19.1. The first-order valence-electron chi connectivity index (χ1n) is 5.45. The van der Waals surface area contributed by atoms with E-state index in [-0.39, 0.29) is 5.82 Å². The maximum atomic E-state index is 12.8. The highest BCUT2D eigenvalue weighted by molar-refractivity contribution is 5.71. The maximum absolute atomic E-state index is 12.8. The summed E-state index contributed by atoms with van der Waals surface area (Å²) in [4.78, 5) is 0. The highest BCUT2D eigenvalue weighted by Gasteiger charge is 2.11. The zero-order valence-electron chi connectivity index (χ0n) is 9.87. The minimum absolute atomic E-state index is 0.261. The molecule has 2 rings (SSSR count). The smallest absolute Gasteiger partial charge is 0.152 e. The fourth-order valence-electron chi connectivity index (χ4n) is 1.68. The second-order valence-corrected chi connectivity index (χ2v) is 3.82. The molecule has 0 saturated carbocycles. The summed E-state index contributed by atoms with van der Waals surface area (Å²) in [5.74, 6) is 0.469. The van der Waals surface area contributed by atoms with E-state index in [2.05, 4.69) is 10.4 Å². The Labute approximate surface area is 99.2 Å². The molecule has 2 aromatic rings. The highest BCUT2D eigenvalue weighted by Crippen LogP contribution is 2.25. The van der Waals surface area contributed by atoms with E-state index < -0.39 is 0 Å². The van der Waals surface area contributed by atoms with Crippen molar-refractivity contribution in [2.45, 2.75) is 13.3 Å².